The number of phenols is 1. The van der Waals surface area contributed by atoms with Crippen molar-refractivity contribution in [2.45, 2.75) is 56.6 Å². The summed E-state index contributed by atoms with van der Waals surface area (Å²) in [6.45, 7) is 0.873. The van der Waals surface area contributed by atoms with Crippen molar-refractivity contribution in [3.63, 3.8) is 0 Å². The van der Waals surface area contributed by atoms with Crippen molar-refractivity contribution in [1.82, 2.24) is 4.90 Å². The molecular formula is C30H31N3O5. The van der Waals surface area contributed by atoms with Crippen LogP contribution in [0.2, 0.25) is 0 Å². The zero-order valence-corrected chi connectivity index (χ0v) is 21.1. The van der Waals surface area contributed by atoms with Crippen LogP contribution in [0.5, 0.6) is 5.75 Å². The Morgan fingerprint density at radius 3 is 2.68 bits per heavy atom. The van der Waals surface area contributed by atoms with Gasteiger partial charge in [-0.05, 0) is 66.5 Å². The molecule has 38 heavy (non-hydrogen) atoms. The van der Waals surface area contributed by atoms with Crippen molar-refractivity contribution in [2.75, 3.05) is 11.9 Å². The molecule has 3 aliphatic rings. The lowest BCUT2D eigenvalue weighted by atomic mass is 9.52. The zero-order valence-electron chi connectivity index (χ0n) is 21.1. The van der Waals surface area contributed by atoms with Gasteiger partial charge in [-0.25, -0.2) is 4.79 Å². The molecular weight excluding hydrogens is 482 g/mol. The summed E-state index contributed by atoms with van der Waals surface area (Å²) in [5.41, 5.74) is 3.82. The van der Waals surface area contributed by atoms with Gasteiger partial charge < -0.3 is 20.1 Å². The van der Waals surface area contributed by atoms with E-state index in [-0.39, 0.29) is 35.6 Å². The molecule has 196 valence electrons. The normalized spacial score (nSPS) is 23.6. The fourth-order valence-corrected chi connectivity index (χ4v) is 7.07. The zero-order chi connectivity index (χ0) is 26.3. The number of nitrogens with one attached hydrogen (secondary N) is 1. The molecule has 1 heterocycles. The molecule has 8 heteroatoms. The average molecular weight is 514 g/mol. The molecule has 3 atom stereocenters. The van der Waals surface area contributed by atoms with Gasteiger partial charge in [-0.1, -0.05) is 55.3 Å². The summed E-state index contributed by atoms with van der Waals surface area (Å²) in [5, 5.41) is 25.6. The van der Waals surface area contributed by atoms with Gasteiger partial charge in [0.25, 0.3) is 5.69 Å². The number of phenolic OH excluding ortho intramolecular Hbond substituents is 1. The first-order valence-electron chi connectivity index (χ1n) is 13.3. The predicted octanol–water partition coefficient (Wildman–Crippen LogP) is 6.44. The Hall–Kier alpha value is -4.07. The van der Waals surface area contributed by atoms with E-state index < -0.39 is 4.92 Å². The number of nitro benzene ring substituents is 1. The van der Waals surface area contributed by atoms with Crippen molar-refractivity contribution in [3.05, 3.63) is 93.5 Å². The topological polar surface area (TPSA) is 105 Å². The molecule has 0 radical (unpaired) electrons. The number of hydrogen-bond acceptors (Lipinski definition) is 6. The first-order chi connectivity index (χ1) is 18.5. The number of carbonyl (C=O) groups excluding carboxylic acids is 1. The third-order valence-electron chi connectivity index (χ3n) is 8.76. The molecule has 6 rings (SSSR count). The summed E-state index contributed by atoms with van der Waals surface area (Å²) in [4.78, 5) is 26.3. The molecule has 1 aliphatic heterocycles. The highest BCUT2D eigenvalue weighted by atomic mass is 16.6. The van der Waals surface area contributed by atoms with Crippen LogP contribution in [0.25, 0.3) is 0 Å². The van der Waals surface area contributed by atoms with Crippen molar-refractivity contribution in [3.8, 4) is 5.75 Å². The molecule has 2 fully saturated rings. The Kier molecular flexibility index (Phi) is 6.18. The van der Waals surface area contributed by atoms with Crippen LogP contribution in [0.4, 0.5) is 21.9 Å². The monoisotopic (exact) mass is 513 g/mol. The van der Waals surface area contributed by atoms with E-state index in [9.17, 15) is 20.0 Å². The molecule has 1 unspecified atom stereocenters. The van der Waals surface area contributed by atoms with E-state index >= 15 is 0 Å². The van der Waals surface area contributed by atoms with Crippen LogP contribution in [-0.2, 0) is 23.2 Å². The van der Waals surface area contributed by atoms with Crippen LogP contribution in [0.15, 0.2) is 66.7 Å². The maximum absolute atomic E-state index is 13.3. The Balaban J connectivity index is 1.32. The molecule has 1 amide bonds. The van der Waals surface area contributed by atoms with E-state index in [2.05, 4.69) is 5.32 Å². The Labute approximate surface area is 221 Å². The third-order valence-corrected chi connectivity index (χ3v) is 8.76. The largest absolute Gasteiger partial charge is 0.506 e. The number of nitro groups is 1. The van der Waals surface area contributed by atoms with Crippen LogP contribution in [0.1, 0.15) is 48.8 Å². The van der Waals surface area contributed by atoms with Gasteiger partial charge in [-0.2, -0.15) is 0 Å². The highest BCUT2D eigenvalue weighted by Crippen LogP contribution is 2.57. The molecule has 2 bridgehead atoms. The van der Waals surface area contributed by atoms with E-state index in [0.29, 0.717) is 30.3 Å². The number of rotatable bonds is 5. The quantitative estimate of drug-likeness (QED) is 0.231. The minimum Gasteiger partial charge on any atom is -0.506 e. The second kappa shape index (κ2) is 9.67. The highest BCUT2D eigenvalue weighted by Gasteiger charge is 2.55. The molecule has 3 aromatic rings. The molecule has 0 spiro atoms. The smallest absolute Gasteiger partial charge is 0.410 e. The maximum Gasteiger partial charge on any atom is 0.410 e. The van der Waals surface area contributed by atoms with Gasteiger partial charge in [0.1, 0.15) is 18.0 Å². The number of benzene rings is 3. The number of fused-ring (bicyclic) bond motifs is 1. The summed E-state index contributed by atoms with van der Waals surface area (Å²) < 4.78 is 5.75. The number of aromatic hydroxyl groups is 1. The molecule has 8 nitrogen and oxygen atoms in total. The van der Waals surface area contributed by atoms with Gasteiger partial charge in [-0.15, -0.1) is 0 Å². The van der Waals surface area contributed by atoms with Gasteiger partial charge in [0.2, 0.25) is 0 Å². The van der Waals surface area contributed by atoms with E-state index in [4.69, 9.17) is 4.74 Å². The number of carbonyl (C=O) groups is 1. The first-order valence-corrected chi connectivity index (χ1v) is 13.3. The summed E-state index contributed by atoms with van der Waals surface area (Å²) >= 11 is 0. The molecule has 2 aliphatic carbocycles. The van der Waals surface area contributed by atoms with Crippen molar-refractivity contribution in [1.29, 1.82) is 0 Å². The Bertz CT molecular complexity index is 1380. The SMILES string of the molecule is O=C(OCc1ccccc1)N1CC[C@@]23CCCCC2[C@@H]1Cc1cc(Nc2ccccc2[N+](=O)[O-])c(O)cc13. The van der Waals surface area contributed by atoms with Crippen LogP contribution in [0.3, 0.4) is 0 Å². The van der Waals surface area contributed by atoms with Gasteiger partial charge in [0.05, 0.1) is 10.6 Å². The number of hydrogen-bond donors (Lipinski definition) is 2. The van der Waals surface area contributed by atoms with Gasteiger partial charge >= 0.3 is 6.09 Å². The standard InChI is InChI=1S/C30H31N3O5/c34-28-18-23-21(16-25(28)31-24-11-4-5-12-26(24)33(36)37)17-27-22-10-6-7-13-30(22,23)14-15-32(27)29(35)38-19-20-8-2-1-3-9-20/h1-5,8-9,11-12,16,18,22,27,31,34H,6-7,10,13-15,17,19H2/t22?,27-,30-/m0/s1. The van der Waals surface area contributed by atoms with Crippen LogP contribution in [0, 0.1) is 16.0 Å². The van der Waals surface area contributed by atoms with Crippen LogP contribution >= 0.6 is 0 Å². The summed E-state index contributed by atoms with van der Waals surface area (Å²) in [5.74, 6) is 0.402. The second-order valence-electron chi connectivity index (χ2n) is 10.7. The molecule has 2 N–H and O–H groups in total. The van der Waals surface area contributed by atoms with E-state index in [1.807, 2.05) is 47.4 Å². The predicted molar refractivity (Wildman–Crippen MR) is 144 cm³/mol. The number of anilines is 2. The number of piperidine rings is 1. The first kappa shape index (κ1) is 24.3. The van der Waals surface area contributed by atoms with E-state index in [1.165, 1.54) is 11.6 Å². The minimum absolute atomic E-state index is 0.0169. The number of likely N-dealkylation sites (tertiary alicyclic amines) is 1. The maximum atomic E-state index is 13.3. The minimum atomic E-state index is -0.438. The molecule has 1 saturated heterocycles. The Morgan fingerprint density at radius 2 is 1.87 bits per heavy atom. The van der Waals surface area contributed by atoms with Gasteiger partial charge in [-0.3, -0.25) is 10.1 Å². The van der Waals surface area contributed by atoms with Crippen LogP contribution < -0.4 is 5.32 Å². The van der Waals surface area contributed by atoms with Crippen LogP contribution in [-0.4, -0.2) is 33.6 Å². The lowest BCUT2D eigenvalue weighted by molar-refractivity contribution is -0.383. The fraction of sp³-hybridized carbons (Fsp3) is 0.367. The lowest BCUT2D eigenvalue weighted by Gasteiger charge is -2.58. The molecule has 3 aromatic carbocycles. The van der Waals surface area contributed by atoms with Crippen molar-refractivity contribution < 1.29 is 19.6 Å². The van der Waals surface area contributed by atoms with Gasteiger partial charge in [0, 0.05) is 24.1 Å². The van der Waals surface area contributed by atoms with Crippen molar-refractivity contribution in [2.24, 2.45) is 5.92 Å². The second-order valence-corrected chi connectivity index (χ2v) is 10.7. The lowest BCUT2D eigenvalue weighted by Crippen LogP contribution is -2.62. The number of amides is 1. The number of ether oxygens (including phenoxy) is 1. The number of para-hydroxylation sites is 2. The van der Waals surface area contributed by atoms with Gasteiger partial charge in [0.15, 0.2) is 0 Å². The highest BCUT2D eigenvalue weighted by molar-refractivity contribution is 5.75. The fourth-order valence-electron chi connectivity index (χ4n) is 7.07. The Morgan fingerprint density at radius 1 is 1.08 bits per heavy atom. The molecule has 0 aromatic heterocycles. The van der Waals surface area contributed by atoms with E-state index in [0.717, 1.165) is 43.2 Å². The molecule has 1 saturated carbocycles. The van der Waals surface area contributed by atoms with Crippen molar-refractivity contribution >= 4 is 23.2 Å². The number of nitrogens with zero attached hydrogens (tertiary/aromatic N) is 2. The summed E-state index contributed by atoms with van der Waals surface area (Å²) in [6, 6.07) is 19.9. The summed E-state index contributed by atoms with van der Waals surface area (Å²) in [7, 11) is 0. The van der Waals surface area contributed by atoms with E-state index in [1.54, 1.807) is 18.2 Å². The average Bonchev–Trinajstić information content (AvgIpc) is 2.93. The third kappa shape index (κ3) is 4.14. The summed E-state index contributed by atoms with van der Waals surface area (Å²) in [6.07, 6.45) is 5.55.